The summed E-state index contributed by atoms with van der Waals surface area (Å²) in [4.78, 5) is 3.52. The Morgan fingerprint density at radius 3 is 2.18 bits per heavy atom. The Morgan fingerprint density at radius 2 is 1.56 bits per heavy atom. The molecule has 0 aliphatic heterocycles. The van der Waals surface area contributed by atoms with Crippen molar-refractivity contribution in [2.24, 2.45) is 0 Å². The van der Waals surface area contributed by atoms with E-state index < -0.39 is 26.8 Å². The van der Waals surface area contributed by atoms with E-state index in [2.05, 4.69) is 4.98 Å². The number of alkyl halides is 3. The zero-order valence-electron chi connectivity index (χ0n) is 19.0. The van der Waals surface area contributed by atoms with E-state index in [1.54, 1.807) is 24.3 Å². The molecule has 0 saturated carbocycles. The molecule has 0 saturated heterocycles. The van der Waals surface area contributed by atoms with Crippen LogP contribution in [0.4, 0.5) is 13.2 Å². The summed E-state index contributed by atoms with van der Waals surface area (Å²) < 4.78 is 67.2. The number of hydrogen-bond acceptors (Lipinski definition) is 2. The van der Waals surface area contributed by atoms with E-state index in [0.29, 0.717) is 29.7 Å². The van der Waals surface area contributed by atoms with Crippen molar-refractivity contribution in [1.29, 1.82) is 0 Å². The number of hydrogen-bond donors (Lipinski definition) is 1. The lowest BCUT2D eigenvalue weighted by Crippen LogP contribution is -2.15. The van der Waals surface area contributed by atoms with Gasteiger partial charge in [-0.15, -0.1) is 0 Å². The molecule has 0 aliphatic rings. The van der Waals surface area contributed by atoms with Crippen molar-refractivity contribution < 1.29 is 21.6 Å². The van der Waals surface area contributed by atoms with Crippen molar-refractivity contribution in [1.82, 2.24) is 4.98 Å². The SMILES string of the molecule is CCCCC(c1c(-c2ccc(C(F)(F)F)cc2)[nH]c2ccccc12)S(=O)(=O)c1ccc(C)cc1. The van der Waals surface area contributed by atoms with Gasteiger partial charge in [-0.05, 0) is 49.2 Å². The molecule has 0 spiro atoms. The topological polar surface area (TPSA) is 49.9 Å². The highest BCUT2D eigenvalue weighted by Crippen LogP contribution is 2.43. The fourth-order valence-electron chi connectivity index (χ4n) is 4.29. The van der Waals surface area contributed by atoms with E-state index in [9.17, 15) is 21.6 Å². The summed E-state index contributed by atoms with van der Waals surface area (Å²) in [7, 11) is -3.77. The molecule has 0 fully saturated rings. The first-order chi connectivity index (χ1) is 16.1. The molecule has 3 nitrogen and oxygen atoms in total. The van der Waals surface area contributed by atoms with Crippen LogP contribution in [0.3, 0.4) is 0 Å². The number of aromatic amines is 1. The average Bonchev–Trinajstić information content (AvgIpc) is 3.18. The molecule has 1 heterocycles. The minimum absolute atomic E-state index is 0.239. The second-order valence-corrected chi connectivity index (χ2v) is 10.7. The molecule has 0 radical (unpaired) electrons. The molecule has 1 unspecified atom stereocenters. The van der Waals surface area contributed by atoms with Gasteiger partial charge in [0.15, 0.2) is 9.84 Å². The third-order valence-corrected chi connectivity index (χ3v) is 8.26. The first-order valence-corrected chi connectivity index (χ1v) is 12.8. The van der Waals surface area contributed by atoms with Gasteiger partial charge < -0.3 is 4.98 Å². The molecule has 4 aromatic rings. The molecule has 3 aromatic carbocycles. The predicted molar refractivity (Wildman–Crippen MR) is 129 cm³/mol. The van der Waals surface area contributed by atoms with Gasteiger partial charge in [-0.3, -0.25) is 0 Å². The van der Waals surface area contributed by atoms with Crippen molar-refractivity contribution in [3.8, 4) is 11.3 Å². The maximum Gasteiger partial charge on any atom is 0.416 e. The smallest absolute Gasteiger partial charge is 0.354 e. The summed E-state index contributed by atoms with van der Waals surface area (Å²) >= 11 is 0. The van der Waals surface area contributed by atoms with Gasteiger partial charge >= 0.3 is 6.18 Å². The van der Waals surface area contributed by atoms with Crippen LogP contribution in [0.25, 0.3) is 22.2 Å². The van der Waals surface area contributed by atoms with Crippen LogP contribution >= 0.6 is 0 Å². The number of unbranched alkanes of at least 4 members (excludes halogenated alkanes) is 1. The summed E-state index contributed by atoms with van der Waals surface area (Å²) in [6.07, 6.45) is -2.53. The van der Waals surface area contributed by atoms with Gasteiger partial charge in [0.2, 0.25) is 0 Å². The van der Waals surface area contributed by atoms with E-state index in [1.807, 2.05) is 38.1 Å². The lowest BCUT2D eigenvalue weighted by molar-refractivity contribution is -0.137. The summed E-state index contributed by atoms with van der Waals surface area (Å²) in [5, 5.41) is -0.0854. The van der Waals surface area contributed by atoms with Crippen LogP contribution in [0, 0.1) is 6.92 Å². The number of benzene rings is 3. The Hall–Kier alpha value is -3.06. The zero-order chi connectivity index (χ0) is 24.5. The predicted octanol–water partition coefficient (Wildman–Crippen LogP) is 7.87. The van der Waals surface area contributed by atoms with Gasteiger partial charge in [-0.2, -0.15) is 13.2 Å². The maximum absolute atomic E-state index is 13.9. The lowest BCUT2D eigenvalue weighted by atomic mass is 9.98. The van der Waals surface area contributed by atoms with Crippen molar-refractivity contribution in [3.63, 3.8) is 0 Å². The normalized spacial score (nSPS) is 13.3. The Bertz CT molecular complexity index is 1390. The largest absolute Gasteiger partial charge is 0.416 e. The van der Waals surface area contributed by atoms with Gasteiger partial charge in [-0.1, -0.05) is 67.8 Å². The van der Waals surface area contributed by atoms with Gasteiger partial charge in [0.25, 0.3) is 0 Å². The molecular weight excluding hydrogens is 459 g/mol. The summed E-state index contributed by atoms with van der Waals surface area (Å²) in [5.41, 5.74) is 2.61. The Kier molecular flexibility index (Phi) is 6.58. The van der Waals surface area contributed by atoms with Crippen LogP contribution in [0.5, 0.6) is 0 Å². The number of aromatic nitrogens is 1. The lowest BCUT2D eigenvalue weighted by Gasteiger charge is -2.20. The number of aryl methyl sites for hydroxylation is 1. The number of fused-ring (bicyclic) bond motifs is 1. The van der Waals surface area contributed by atoms with Crippen molar-refractivity contribution in [3.05, 3.63) is 89.5 Å². The first kappa shape index (κ1) is 24.1. The zero-order valence-corrected chi connectivity index (χ0v) is 19.8. The number of rotatable bonds is 7. The second-order valence-electron chi connectivity index (χ2n) is 8.52. The van der Waals surface area contributed by atoms with E-state index >= 15 is 0 Å². The van der Waals surface area contributed by atoms with Crippen LogP contribution < -0.4 is 0 Å². The molecule has 178 valence electrons. The quantitative estimate of drug-likeness (QED) is 0.290. The van der Waals surface area contributed by atoms with E-state index in [-0.39, 0.29) is 4.90 Å². The molecule has 7 heteroatoms. The first-order valence-electron chi connectivity index (χ1n) is 11.2. The molecule has 1 N–H and O–H groups in total. The van der Waals surface area contributed by atoms with Crippen LogP contribution in [-0.2, 0) is 16.0 Å². The van der Waals surface area contributed by atoms with E-state index in [0.717, 1.165) is 35.0 Å². The second kappa shape index (κ2) is 9.29. The third-order valence-electron chi connectivity index (χ3n) is 6.11. The fourth-order valence-corrected chi connectivity index (χ4v) is 6.16. The average molecular weight is 486 g/mol. The molecule has 1 atom stereocenters. The molecule has 34 heavy (non-hydrogen) atoms. The number of sulfone groups is 1. The maximum atomic E-state index is 13.9. The number of para-hydroxylation sites is 1. The third kappa shape index (κ3) is 4.62. The summed E-state index contributed by atoms with van der Waals surface area (Å²) in [6.45, 7) is 3.90. The Balaban J connectivity index is 1.93. The minimum Gasteiger partial charge on any atom is -0.354 e. The number of H-pyrrole nitrogens is 1. The highest BCUT2D eigenvalue weighted by atomic mass is 32.2. The molecule has 0 bridgehead atoms. The van der Waals surface area contributed by atoms with Crippen LogP contribution in [-0.4, -0.2) is 13.4 Å². The summed E-state index contributed by atoms with van der Waals surface area (Å²) in [5.74, 6) is 0. The molecular formula is C27H26F3NO2S. The van der Waals surface area contributed by atoms with E-state index in [4.69, 9.17) is 0 Å². The molecule has 1 aromatic heterocycles. The standard InChI is InChI=1S/C27H26F3NO2S/c1-3-4-9-24(34(32,33)21-16-10-18(2)11-17-21)25-22-7-5-6-8-23(22)31-26(25)19-12-14-20(15-13-19)27(28,29)30/h5-8,10-17,24,31H,3-4,9H2,1-2H3. The van der Waals surface area contributed by atoms with E-state index in [1.165, 1.54) is 12.1 Å². The van der Waals surface area contributed by atoms with Crippen molar-refractivity contribution >= 4 is 20.7 Å². The fraction of sp³-hybridized carbons (Fsp3) is 0.259. The highest BCUT2D eigenvalue weighted by molar-refractivity contribution is 7.91. The van der Waals surface area contributed by atoms with Crippen molar-refractivity contribution in [2.45, 2.75) is 49.4 Å². The minimum atomic E-state index is -4.44. The van der Waals surface area contributed by atoms with Gasteiger partial charge in [0.05, 0.1) is 21.4 Å². The Morgan fingerprint density at radius 1 is 0.912 bits per heavy atom. The highest BCUT2D eigenvalue weighted by Gasteiger charge is 2.34. The number of nitrogens with one attached hydrogen (secondary N) is 1. The van der Waals surface area contributed by atoms with Crippen molar-refractivity contribution in [2.75, 3.05) is 0 Å². The molecule has 0 amide bonds. The van der Waals surface area contributed by atoms with Crippen LogP contribution in [0.15, 0.2) is 77.7 Å². The number of halogens is 3. The van der Waals surface area contributed by atoms with Gasteiger partial charge in [0, 0.05) is 16.5 Å². The summed E-state index contributed by atoms with van der Waals surface area (Å²) in [6, 6.07) is 19.0. The van der Waals surface area contributed by atoms with Crippen LogP contribution in [0.2, 0.25) is 0 Å². The molecule has 4 rings (SSSR count). The molecule has 0 aliphatic carbocycles. The van der Waals surface area contributed by atoms with Gasteiger partial charge in [-0.25, -0.2) is 8.42 Å². The van der Waals surface area contributed by atoms with Crippen LogP contribution in [0.1, 0.15) is 48.1 Å². The Labute approximate surface area is 197 Å². The van der Waals surface area contributed by atoms with Gasteiger partial charge in [0.1, 0.15) is 0 Å². The monoisotopic (exact) mass is 485 g/mol.